The van der Waals surface area contributed by atoms with Crippen LogP contribution in [0.2, 0.25) is 10.0 Å². The number of halogens is 2. The van der Waals surface area contributed by atoms with Crippen molar-refractivity contribution in [3.05, 3.63) is 56.9 Å². The van der Waals surface area contributed by atoms with E-state index in [0.717, 1.165) is 18.7 Å². The highest BCUT2D eigenvalue weighted by Gasteiger charge is 2.21. The van der Waals surface area contributed by atoms with Gasteiger partial charge in [0, 0.05) is 32.3 Å². The van der Waals surface area contributed by atoms with E-state index in [1.807, 2.05) is 12.1 Å². The van der Waals surface area contributed by atoms with Crippen LogP contribution in [0.1, 0.15) is 5.56 Å². The minimum Gasteiger partial charge on any atom is -0.483 e. The lowest BCUT2D eigenvalue weighted by molar-refractivity contribution is -0.119. The number of amides is 1. The second kappa shape index (κ2) is 12.9. The zero-order valence-corrected chi connectivity index (χ0v) is 19.1. The van der Waals surface area contributed by atoms with Gasteiger partial charge in [0.15, 0.2) is 5.88 Å². The number of benzene rings is 1. The first kappa shape index (κ1) is 24.6. The number of hydrogen-bond acceptors (Lipinski definition) is 7. The van der Waals surface area contributed by atoms with E-state index in [1.165, 1.54) is 18.9 Å². The summed E-state index contributed by atoms with van der Waals surface area (Å²) >= 11 is 13.3. The van der Waals surface area contributed by atoms with Crippen molar-refractivity contribution in [1.82, 2.24) is 10.2 Å². The molecule has 1 atom stereocenters. The smallest absolute Gasteiger partial charge is 0.230 e. The Bertz CT molecular complexity index is 804. The maximum atomic E-state index is 12.2. The van der Waals surface area contributed by atoms with Crippen molar-refractivity contribution in [2.24, 2.45) is 10.7 Å². The van der Waals surface area contributed by atoms with Gasteiger partial charge in [-0.1, -0.05) is 41.0 Å². The molecule has 0 aromatic heterocycles. The SMILES string of the molecule is C=N/C(=C\C=C(/N)OC)SCC(=O)NC[C@H]1CN(Cc2ccc(Cl)c(Cl)c2)CCO1. The molecule has 1 heterocycles. The van der Waals surface area contributed by atoms with Gasteiger partial charge in [0.05, 0.1) is 40.6 Å². The van der Waals surface area contributed by atoms with Crippen LogP contribution in [0.15, 0.2) is 46.3 Å². The standard InChI is InChI=1S/C20H26Cl2N4O3S/c1-24-20(6-5-18(23)28-2)30-13-19(27)25-10-15-12-26(7-8-29-15)11-14-3-4-16(21)17(22)9-14/h3-6,9,15H,1,7-8,10-13,23H2,2H3,(H,25,27)/b18-5+,20-6+/t15-/m0/s1. The molecule has 1 amide bonds. The molecule has 1 fully saturated rings. The zero-order chi connectivity index (χ0) is 21.9. The fourth-order valence-corrected chi connectivity index (χ4v) is 3.69. The number of nitrogens with one attached hydrogen (secondary N) is 1. The number of rotatable bonds is 10. The van der Waals surface area contributed by atoms with Gasteiger partial charge in [-0.05, 0) is 30.5 Å². The summed E-state index contributed by atoms with van der Waals surface area (Å²) in [6.45, 7) is 6.82. The van der Waals surface area contributed by atoms with E-state index >= 15 is 0 Å². The molecule has 1 aliphatic heterocycles. The number of nitrogens with two attached hydrogens (primary N) is 1. The van der Waals surface area contributed by atoms with E-state index in [1.54, 1.807) is 18.2 Å². The normalized spacial score (nSPS) is 18.2. The zero-order valence-electron chi connectivity index (χ0n) is 16.8. The van der Waals surface area contributed by atoms with Crippen LogP contribution in [0.4, 0.5) is 0 Å². The Balaban J connectivity index is 1.76. The number of carbonyl (C=O) groups is 1. The highest BCUT2D eigenvalue weighted by Crippen LogP contribution is 2.23. The Kier molecular flexibility index (Phi) is 10.5. The molecule has 10 heteroatoms. The summed E-state index contributed by atoms with van der Waals surface area (Å²) in [5.41, 5.74) is 6.64. The van der Waals surface area contributed by atoms with Crippen molar-refractivity contribution in [1.29, 1.82) is 0 Å². The van der Waals surface area contributed by atoms with Gasteiger partial charge in [0.2, 0.25) is 5.91 Å². The molecule has 0 unspecified atom stereocenters. The molecular weight excluding hydrogens is 447 g/mol. The number of methoxy groups -OCH3 is 1. The second-order valence-corrected chi connectivity index (χ2v) is 8.32. The van der Waals surface area contributed by atoms with E-state index in [-0.39, 0.29) is 23.6 Å². The van der Waals surface area contributed by atoms with Crippen LogP contribution < -0.4 is 11.1 Å². The molecule has 0 bridgehead atoms. The summed E-state index contributed by atoms with van der Waals surface area (Å²) in [7, 11) is 1.47. The lowest BCUT2D eigenvalue weighted by Gasteiger charge is -2.33. The second-order valence-electron chi connectivity index (χ2n) is 6.51. The van der Waals surface area contributed by atoms with Crippen LogP contribution in [0, 0.1) is 0 Å². The fourth-order valence-electron chi connectivity index (χ4n) is 2.73. The lowest BCUT2D eigenvalue weighted by atomic mass is 10.2. The van der Waals surface area contributed by atoms with E-state index < -0.39 is 0 Å². The summed E-state index contributed by atoms with van der Waals surface area (Å²) < 4.78 is 10.6. The molecule has 164 valence electrons. The van der Waals surface area contributed by atoms with Crippen molar-refractivity contribution in [3.8, 4) is 0 Å². The van der Waals surface area contributed by atoms with Gasteiger partial charge in [-0.25, -0.2) is 0 Å². The van der Waals surface area contributed by atoms with Gasteiger partial charge in [0.1, 0.15) is 0 Å². The first-order valence-electron chi connectivity index (χ1n) is 9.26. The molecule has 2 rings (SSSR count). The van der Waals surface area contributed by atoms with Crippen molar-refractivity contribution in [2.75, 3.05) is 39.1 Å². The summed E-state index contributed by atoms with van der Waals surface area (Å²) in [4.78, 5) is 18.3. The Morgan fingerprint density at radius 2 is 2.27 bits per heavy atom. The number of ether oxygens (including phenoxy) is 2. The molecule has 1 aliphatic rings. The van der Waals surface area contributed by atoms with Gasteiger partial charge < -0.3 is 20.5 Å². The number of morpholine rings is 1. The molecule has 30 heavy (non-hydrogen) atoms. The molecule has 0 spiro atoms. The Hall–Kier alpha value is -1.71. The predicted molar refractivity (Wildman–Crippen MR) is 124 cm³/mol. The van der Waals surface area contributed by atoms with Crippen LogP contribution >= 0.6 is 35.0 Å². The van der Waals surface area contributed by atoms with Crippen molar-refractivity contribution < 1.29 is 14.3 Å². The van der Waals surface area contributed by atoms with Crippen LogP contribution in [0.25, 0.3) is 0 Å². The Labute approximate surface area is 191 Å². The molecular formula is C20H26Cl2N4O3S. The monoisotopic (exact) mass is 472 g/mol. The van der Waals surface area contributed by atoms with Gasteiger partial charge in [-0.15, -0.1) is 0 Å². The quantitative estimate of drug-likeness (QED) is 0.309. The molecule has 1 saturated heterocycles. The number of carbonyl (C=O) groups excluding carboxylic acids is 1. The summed E-state index contributed by atoms with van der Waals surface area (Å²) in [5, 5.41) is 4.57. The van der Waals surface area contributed by atoms with E-state index in [2.05, 4.69) is 21.9 Å². The average molecular weight is 473 g/mol. The third-order valence-corrected chi connectivity index (χ3v) is 5.98. The first-order valence-corrected chi connectivity index (χ1v) is 11.0. The van der Waals surface area contributed by atoms with E-state index in [4.69, 9.17) is 38.4 Å². The number of thioether (sulfide) groups is 1. The molecule has 3 N–H and O–H groups in total. The first-order chi connectivity index (χ1) is 14.4. The third kappa shape index (κ3) is 8.57. The maximum absolute atomic E-state index is 12.2. The average Bonchev–Trinajstić information content (AvgIpc) is 2.75. The number of nitrogens with zero attached hydrogens (tertiary/aromatic N) is 2. The van der Waals surface area contributed by atoms with Crippen LogP contribution in [-0.4, -0.2) is 62.7 Å². The van der Waals surface area contributed by atoms with E-state index in [9.17, 15) is 4.79 Å². The number of hydrogen-bond donors (Lipinski definition) is 2. The maximum Gasteiger partial charge on any atom is 0.230 e. The summed E-state index contributed by atoms with van der Waals surface area (Å²) in [6, 6.07) is 5.64. The molecule has 1 aromatic carbocycles. The molecule has 0 radical (unpaired) electrons. The number of allylic oxidation sites excluding steroid dienone is 2. The highest BCUT2D eigenvalue weighted by molar-refractivity contribution is 8.03. The third-order valence-electron chi connectivity index (χ3n) is 4.27. The largest absolute Gasteiger partial charge is 0.483 e. The Morgan fingerprint density at radius 3 is 2.97 bits per heavy atom. The fraction of sp³-hybridized carbons (Fsp3) is 0.400. The molecule has 1 aromatic rings. The topological polar surface area (TPSA) is 89.2 Å². The molecule has 7 nitrogen and oxygen atoms in total. The minimum absolute atomic E-state index is 0.0764. The molecule has 0 saturated carbocycles. The van der Waals surface area contributed by atoms with Crippen LogP contribution in [0.3, 0.4) is 0 Å². The highest BCUT2D eigenvalue weighted by atomic mass is 35.5. The number of aliphatic imine (C=N–C) groups is 1. The van der Waals surface area contributed by atoms with Crippen LogP contribution in [0.5, 0.6) is 0 Å². The van der Waals surface area contributed by atoms with Crippen molar-refractivity contribution >= 4 is 47.6 Å². The van der Waals surface area contributed by atoms with Crippen molar-refractivity contribution in [2.45, 2.75) is 12.6 Å². The van der Waals surface area contributed by atoms with E-state index in [0.29, 0.717) is 34.8 Å². The van der Waals surface area contributed by atoms with Gasteiger partial charge >= 0.3 is 0 Å². The predicted octanol–water partition coefficient (Wildman–Crippen LogP) is 3.03. The summed E-state index contributed by atoms with van der Waals surface area (Å²) in [5.74, 6) is 0.357. The Morgan fingerprint density at radius 1 is 1.47 bits per heavy atom. The van der Waals surface area contributed by atoms with Gasteiger partial charge in [-0.2, -0.15) is 0 Å². The van der Waals surface area contributed by atoms with Crippen molar-refractivity contribution in [3.63, 3.8) is 0 Å². The lowest BCUT2D eigenvalue weighted by Crippen LogP contribution is -2.47. The minimum atomic E-state index is -0.108. The summed E-state index contributed by atoms with van der Waals surface area (Å²) in [6.07, 6.45) is 3.13. The molecule has 0 aliphatic carbocycles. The van der Waals surface area contributed by atoms with Crippen LogP contribution in [-0.2, 0) is 20.8 Å². The van der Waals surface area contributed by atoms with Gasteiger partial charge in [0.25, 0.3) is 0 Å². The van der Waals surface area contributed by atoms with Gasteiger partial charge in [-0.3, -0.25) is 14.7 Å².